The summed E-state index contributed by atoms with van der Waals surface area (Å²) in [4.78, 5) is 21.5. The summed E-state index contributed by atoms with van der Waals surface area (Å²) in [6.45, 7) is 3.55. The van der Waals surface area contributed by atoms with Gasteiger partial charge in [-0.3, -0.25) is 4.79 Å². The molecule has 0 saturated carbocycles. The number of anilines is 2. The molecule has 4 N–H and O–H groups in total. The van der Waals surface area contributed by atoms with Crippen LogP contribution in [0.4, 0.5) is 24.9 Å². The number of nitrogens with two attached hydrogens (primary N) is 1. The van der Waals surface area contributed by atoms with Gasteiger partial charge in [-0.1, -0.05) is 43.7 Å². The molecule has 242 valence electrons. The van der Waals surface area contributed by atoms with Gasteiger partial charge < -0.3 is 25.8 Å². The van der Waals surface area contributed by atoms with Crippen LogP contribution >= 0.6 is 0 Å². The first-order valence-electron chi connectivity index (χ1n) is 14.7. The summed E-state index contributed by atoms with van der Waals surface area (Å²) in [5, 5.41) is 12.4. The average Bonchev–Trinajstić information content (AvgIpc) is 3.39. The van der Waals surface area contributed by atoms with Crippen molar-refractivity contribution in [3.8, 4) is 17.0 Å². The van der Waals surface area contributed by atoms with Crippen molar-refractivity contribution >= 4 is 27.6 Å². The Balaban J connectivity index is 1.46. The van der Waals surface area contributed by atoms with Crippen LogP contribution in [0.2, 0.25) is 0 Å². The molecule has 14 heteroatoms. The molecule has 0 amide bonds. The minimum absolute atomic E-state index is 0.0142. The molecule has 2 aliphatic heterocycles. The number of halogens is 3. The highest BCUT2D eigenvalue weighted by Crippen LogP contribution is 2.43. The number of alkyl halides is 3. The maximum atomic E-state index is 14.8. The maximum Gasteiger partial charge on any atom is 0.429 e. The molecule has 3 heterocycles. The predicted molar refractivity (Wildman–Crippen MR) is 163 cm³/mol. The molecule has 2 aliphatic rings. The topological polar surface area (TPSA) is 148 Å². The van der Waals surface area contributed by atoms with Gasteiger partial charge in [0.1, 0.15) is 11.9 Å². The van der Waals surface area contributed by atoms with E-state index in [-0.39, 0.29) is 33.3 Å². The molecule has 5 rings (SSSR count). The van der Waals surface area contributed by atoms with Crippen LogP contribution in [0.5, 0.6) is 5.88 Å². The van der Waals surface area contributed by atoms with Crippen molar-refractivity contribution in [3.63, 3.8) is 0 Å². The number of carbonyl (C=O) groups is 1. The standard InChI is InChI=1S/C31H36F3N5O5S/c1-3-5-19-8-9-22(23(14-19)20-6-4-7-21(15-20)45(2,42)43)27(31(32,33)34)44-26-16-25(37-29(35)38-26)39-12-10-30(11-13-39)17-24(28(40)41)36-18-30/h4,6-9,14-16,24,27,36H,3,5,10-13,17-18H2,1-2H3,(H,40,41)(H2,35,37,38)/t24-,27+/m0/s1. The normalized spacial score (nSPS) is 19.0. The lowest BCUT2D eigenvalue weighted by Gasteiger charge is -2.39. The number of piperidine rings is 1. The van der Waals surface area contributed by atoms with E-state index >= 15 is 0 Å². The predicted octanol–water partition coefficient (Wildman–Crippen LogP) is 4.80. The summed E-state index contributed by atoms with van der Waals surface area (Å²) in [5.41, 5.74) is 6.87. The molecule has 3 aromatic rings. The van der Waals surface area contributed by atoms with Crippen LogP contribution in [-0.2, 0) is 21.1 Å². The van der Waals surface area contributed by atoms with Crippen LogP contribution in [0, 0.1) is 5.41 Å². The number of hydrogen-bond donors (Lipinski definition) is 3. The number of aryl methyl sites for hydroxylation is 1. The molecule has 1 spiro atoms. The van der Waals surface area contributed by atoms with Gasteiger partial charge in [0.25, 0.3) is 0 Å². The number of nitrogens with one attached hydrogen (secondary N) is 1. The molecule has 0 unspecified atom stereocenters. The highest BCUT2D eigenvalue weighted by Gasteiger charge is 2.46. The second-order valence-electron chi connectivity index (χ2n) is 11.9. The first-order chi connectivity index (χ1) is 21.2. The van der Waals surface area contributed by atoms with Gasteiger partial charge in [0, 0.05) is 37.5 Å². The lowest BCUT2D eigenvalue weighted by molar-refractivity contribution is -0.198. The third-order valence-electron chi connectivity index (χ3n) is 8.56. The lowest BCUT2D eigenvalue weighted by Crippen LogP contribution is -2.41. The second-order valence-corrected chi connectivity index (χ2v) is 13.9. The SMILES string of the molecule is CCCc1ccc([C@@H](Oc2cc(N3CCC4(CC3)CN[C@H](C(=O)O)C4)nc(N)n2)C(F)(F)F)c(-c2cccc(S(C)(=O)=O)c2)c1. The molecular formula is C31H36F3N5O5S. The third kappa shape index (κ3) is 7.33. The number of nitrogens with zero attached hydrogens (tertiary/aromatic N) is 3. The molecule has 45 heavy (non-hydrogen) atoms. The zero-order chi connectivity index (χ0) is 32.6. The van der Waals surface area contributed by atoms with Crippen LogP contribution in [0.15, 0.2) is 53.4 Å². The average molecular weight is 648 g/mol. The fourth-order valence-electron chi connectivity index (χ4n) is 6.18. The van der Waals surface area contributed by atoms with Crippen LogP contribution in [0.1, 0.15) is 49.8 Å². The second kappa shape index (κ2) is 12.5. The van der Waals surface area contributed by atoms with E-state index < -0.39 is 34.1 Å². The third-order valence-corrected chi connectivity index (χ3v) is 9.67. The van der Waals surface area contributed by atoms with Crippen molar-refractivity contribution in [1.82, 2.24) is 15.3 Å². The summed E-state index contributed by atoms with van der Waals surface area (Å²) < 4.78 is 74.4. The van der Waals surface area contributed by atoms with Crippen molar-refractivity contribution in [2.24, 2.45) is 5.41 Å². The van der Waals surface area contributed by atoms with Gasteiger partial charge >= 0.3 is 12.1 Å². The number of nitrogen functional groups attached to an aromatic ring is 1. The quantitative estimate of drug-likeness (QED) is 0.296. The number of aromatic nitrogens is 2. The Bertz CT molecular complexity index is 1680. The van der Waals surface area contributed by atoms with Crippen molar-refractivity contribution < 1.29 is 36.2 Å². The van der Waals surface area contributed by atoms with Gasteiger partial charge in [-0.25, -0.2) is 8.42 Å². The van der Waals surface area contributed by atoms with E-state index in [4.69, 9.17) is 10.5 Å². The molecule has 2 fully saturated rings. The summed E-state index contributed by atoms with van der Waals surface area (Å²) in [5.74, 6) is -1.18. The zero-order valence-corrected chi connectivity index (χ0v) is 25.8. The summed E-state index contributed by atoms with van der Waals surface area (Å²) in [6, 6.07) is 11.2. The fraction of sp³-hybridized carbons (Fsp3) is 0.452. The van der Waals surface area contributed by atoms with E-state index in [1.807, 2.05) is 11.8 Å². The smallest absolute Gasteiger partial charge is 0.429 e. The van der Waals surface area contributed by atoms with E-state index in [1.54, 1.807) is 18.2 Å². The number of rotatable bonds is 9. The Hall–Kier alpha value is -3.91. The molecule has 2 atom stereocenters. The minimum Gasteiger partial charge on any atom is -0.480 e. The Labute approximate surface area is 259 Å². The number of ether oxygens (including phenoxy) is 1. The molecular weight excluding hydrogens is 611 g/mol. The van der Waals surface area contributed by atoms with E-state index in [2.05, 4.69) is 15.3 Å². The van der Waals surface area contributed by atoms with Crippen LogP contribution in [-0.4, -0.2) is 67.6 Å². The Morgan fingerprint density at radius 2 is 1.91 bits per heavy atom. The van der Waals surface area contributed by atoms with E-state index in [9.17, 15) is 31.5 Å². The van der Waals surface area contributed by atoms with Gasteiger partial charge in [-0.05, 0) is 59.9 Å². The van der Waals surface area contributed by atoms with Crippen LogP contribution in [0.25, 0.3) is 11.1 Å². The molecule has 2 saturated heterocycles. The van der Waals surface area contributed by atoms with E-state index in [0.717, 1.165) is 18.2 Å². The van der Waals surface area contributed by atoms with Gasteiger partial charge in [-0.2, -0.15) is 23.1 Å². The van der Waals surface area contributed by atoms with Crippen molar-refractivity contribution in [2.75, 3.05) is 36.5 Å². The summed E-state index contributed by atoms with van der Waals surface area (Å²) >= 11 is 0. The highest BCUT2D eigenvalue weighted by atomic mass is 32.2. The minimum atomic E-state index is -4.87. The van der Waals surface area contributed by atoms with Crippen LogP contribution < -0.4 is 20.7 Å². The number of carboxylic acid groups (broad SMARTS) is 1. The van der Waals surface area contributed by atoms with Crippen molar-refractivity contribution in [2.45, 2.75) is 62.2 Å². The number of benzene rings is 2. The summed E-state index contributed by atoms with van der Waals surface area (Å²) in [7, 11) is -3.62. The molecule has 10 nitrogen and oxygen atoms in total. The first-order valence-corrected chi connectivity index (χ1v) is 16.6. The van der Waals surface area contributed by atoms with Crippen molar-refractivity contribution in [3.05, 3.63) is 59.7 Å². The maximum absolute atomic E-state index is 14.8. The Morgan fingerprint density at radius 3 is 2.53 bits per heavy atom. The number of sulfone groups is 1. The Morgan fingerprint density at radius 1 is 1.18 bits per heavy atom. The molecule has 0 radical (unpaired) electrons. The van der Waals surface area contributed by atoms with E-state index in [1.165, 1.54) is 30.3 Å². The van der Waals surface area contributed by atoms with Crippen LogP contribution in [0.3, 0.4) is 0 Å². The van der Waals surface area contributed by atoms with Gasteiger partial charge in [0.05, 0.1) is 4.90 Å². The highest BCUT2D eigenvalue weighted by molar-refractivity contribution is 7.90. The lowest BCUT2D eigenvalue weighted by atomic mass is 9.76. The van der Waals surface area contributed by atoms with Crippen molar-refractivity contribution in [1.29, 1.82) is 0 Å². The molecule has 0 bridgehead atoms. The van der Waals surface area contributed by atoms with E-state index in [0.29, 0.717) is 56.7 Å². The largest absolute Gasteiger partial charge is 0.480 e. The monoisotopic (exact) mass is 647 g/mol. The van der Waals surface area contributed by atoms with Gasteiger partial charge in [0.2, 0.25) is 17.9 Å². The number of carboxylic acids is 1. The summed E-state index contributed by atoms with van der Waals surface area (Å²) in [6.07, 6.45) is -3.04. The molecule has 1 aromatic heterocycles. The van der Waals surface area contributed by atoms with Gasteiger partial charge in [0.15, 0.2) is 9.84 Å². The first kappa shape index (κ1) is 32.5. The number of hydrogen-bond acceptors (Lipinski definition) is 9. The Kier molecular flexibility index (Phi) is 9.00. The zero-order valence-electron chi connectivity index (χ0n) is 25.0. The number of aliphatic carboxylic acids is 1. The molecule has 0 aliphatic carbocycles. The molecule has 2 aromatic carbocycles. The van der Waals surface area contributed by atoms with Gasteiger partial charge in [-0.15, -0.1) is 0 Å². The fourth-order valence-corrected chi connectivity index (χ4v) is 6.85.